The van der Waals surface area contributed by atoms with Gasteiger partial charge in [-0.05, 0) is 40.5 Å². The van der Waals surface area contributed by atoms with Gasteiger partial charge in [0.15, 0.2) is 0 Å². The molecule has 0 aliphatic carbocycles. The zero-order valence-corrected chi connectivity index (χ0v) is 13.0. The number of carbonyl (C=O) groups excluding carboxylic acids is 2. The van der Waals surface area contributed by atoms with Crippen LogP contribution in [0.25, 0.3) is 0 Å². The monoisotopic (exact) mass is 272 g/mol. The van der Waals surface area contributed by atoms with E-state index >= 15 is 0 Å². The number of esters is 2. The summed E-state index contributed by atoms with van der Waals surface area (Å²) in [6, 6.07) is 0. The molecule has 0 saturated heterocycles. The van der Waals surface area contributed by atoms with Gasteiger partial charge < -0.3 is 9.47 Å². The molecule has 0 radical (unpaired) electrons. The standard InChI is InChI=1S/C15H28O4/c1-6-8-9-12(10-11-13(16)18-7-2)14(17)19-15(3,4)5/h12H,6-11H2,1-5H3. The van der Waals surface area contributed by atoms with Crippen molar-refractivity contribution in [1.29, 1.82) is 0 Å². The Bertz CT molecular complexity index is 278. The van der Waals surface area contributed by atoms with Crippen LogP contribution in [0, 0.1) is 5.92 Å². The number of rotatable bonds is 8. The number of hydrogen-bond acceptors (Lipinski definition) is 4. The molecule has 0 aromatic rings. The van der Waals surface area contributed by atoms with Gasteiger partial charge in [0, 0.05) is 6.42 Å². The molecule has 112 valence electrons. The first-order valence-electron chi connectivity index (χ1n) is 7.18. The fraction of sp³-hybridized carbons (Fsp3) is 0.867. The van der Waals surface area contributed by atoms with Crippen LogP contribution in [0.5, 0.6) is 0 Å². The highest BCUT2D eigenvalue weighted by molar-refractivity contribution is 5.74. The number of hydrogen-bond donors (Lipinski definition) is 0. The minimum atomic E-state index is -0.481. The van der Waals surface area contributed by atoms with Crippen LogP contribution in [-0.4, -0.2) is 24.1 Å². The molecule has 4 nitrogen and oxygen atoms in total. The molecule has 0 saturated carbocycles. The summed E-state index contributed by atoms with van der Waals surface area (Å²) >= 11 is 0. The molecule has 0 heterocycles. The van der Waals surface area contributed by atoms with Crippen LogP contribution in [0.1, 0.15) is 66.7 Å². The van der Waals surface area contributed by atoms with Gasteiger partial charge in [-0.2, -0.15) is 0 Å². The molecule has 0 aliphatic heterocycles. The van der Waals surface area contributed by atoms with E-state index in [4.69, 9.17) is 9.47 Å². The van der Waals surface area contributed by atoms with Crippen molar-refractivity contribution in [2.75, 3.05) is 6.61 Å². The topological polar surface area (TPSA) is 52.6 Å². The van der Waals surface area contributed by atoms with Crippen molar-refractivity contribution in [2.24, 2.45) is 5.92 Å². The molecule has 0 N–H and O–H groups in total. The average Bonchev–Trinajstić information content (AvgIpc) is 2.27. The van der Waals surface area contributed by atoms with Gasteiger partial charge in [0.25, 0.3) is 0 Å². The third-order valence-electron chi connectivity index (χ3n) is 2.65. The summed E-state index contributed by atoms with van der Waals surface area (Å²) in [5, 5.41) is 0. The van der Waals surface area contributed by atoms with Crippen LogP contribution in [0.15, 0.2) is 0 Å². The van der Waals surface area contributed by atoms with Crippen LogP contribution < -0.4 is 0 Å². The molecule has 19 heavy (non-hydrogen) atoms. The second-order valence-electron chi connectivity index (χ2n) is 5.72. The van der Waals surface area contributed by atoms with Gasteiger partial charge >= 0.3 is 11.9 Å². The summed E-state index contributed by atoms with van der Waals surface area (Å²) in [6.07, 6.45) is 3.55. The van der Waals surface area contributed by atoms with Crippen LogP contribution in [0.4, 0.5) is 0 Å². The third-order valence-corrected chi connectivity index (χ3v) is 2.65. The van der Waals surface area contributed by atoms with Gasteiger partial charge in [0.2, 0.25) is 0 Å². The Morgan fingerprint density at radius 1 is 1.11 bits per heavy atom. The van der Waals surface area contributed by atoms with Gasteiger partial charge in [0.05, 0.1) is 12.5 Å². The SMILES string of the molecule is CCCCC(CCC(=O)OCC)C(=O)OC(C)(C)C. The first-order chi connectivity index (χ1) is 8.80. The van der Waals surface area contributed by atoms with E-state index < -0.39 is 5.60 Å². The highest BCUT2D eigenvalue weighted by Gasteiger charge is 2.25. The van der Waals surface area contributed by atoms with Crippen molar-refractivity contribution in [1.82, 2.24) is 0 Å². The Labute approximate surface area is 116 Å². The van der Waals surface area contributed by atoms with E-state index in [1.54, 1.807) is 6.92 Å². The number of ether oxygens (including phenoxy) is 2. The van der Waals surface area contributed by atoms with E-state index in [0.29, 0.717) is 13.0 Å². The van der Waals surface area contributed by atoms with Gasteiger partial charge in [-0.3, -0.25) is 9.59 Å². The maximum absolute atomic E-state index is 12.1. The molecule has 0 rings (SSSR count). The first kappa shape index (κ1) is 17.9. The van der Waals surface area contributed by atoms with E-state index in [0.717, 1.165) is 19.3 Å². The van der Waals surface area contributed by atoms with Crippen molar-refractivity contribution in [3.05, 3.63) is 0 Å². The Morgan fingerprint density at radius 2 is 1.74 bits per heavy atom. The van der Waals surface area contributed by atoms with Gasteiger partial charge in [-0.1, -0.05) is 19.8 Å². The van der Waals surface area contributed by atoms with E-state index in [9.17, 15) is 9.59 Å². The molecule has 0 spiro atoms. The maximum atomic E-state index is 12.1. The molecule has 0 aromatic heterocycles. The van der Waals surface area contributed by atoms with Gasteiger partial charge in [-0.15, -0.1) is 0 Å². The van der Waals surface area contributed by atoms with Crippen molar-refractivity contribution in [3.63, 3.8) is 0 Å². The smallest absolute Gasteiger partial charge is 0.309 e. The molecule has 1 atom stereocenters. The fourth-order valence-corrected chi connectivity index (χ4v) is 1.74. The lowest BCUT2D eigenvalue weighted by Gasteiger charge is -2.23. The van der Waals surface area contributed by atoms with Crippen LogP contribution in [0.3, 0.4) is 0 Å². The van der Waals surface area contributed by atoms with Crippen LogP contribution >= 0.6 is 0 Å². The maximum Gasteiger partial charge on any atom is 0.309 e. The quantitative estimate of drug-likeness (QED) is 0.635. The molecule has 1 unspecified atom stereocenters. The van der Waals surface area contributed by atoms with Crippen LogP contribution in [-0.2, 0) is 19.1 Å². The highest BCUT2D eigenvalue weighted by Crippen LogP contribution is 2.20. The second-order valence-corrected chi connectivity index (χ2v) is 5.72. The lowest BCUT2D eigenvalue weighted by Crippen LogP contribution is -2.29. The molecule has 0 amide bonds. The minimum Gasteiger partial charge on any atom is -0.466 e. The van der Waals surface area contributed by atoms with Crippen molar-refractivity contribution < 1.29 is 19.1 Å². The zero-order chi connectivity index (χ0) is 14.9. The van der Waals surface area contributed by atoms with E-state index in [1.165, 1.54) is 0 Å². The van der Waals surface area contributed by atoms with Crippen LogP contribution in [0.2, 0.25) is 0 Å². The number of carbonyl (C=O) groups is 2. The predicted molar refractivity (Wildman–Crippen MR) is 74.7 cm³/mol. The first-order valence-corrected chi connectivity index (χ1v) is 7.18. The summed E-state index contributed by atoms with van der Waals surface area (Å²) in [5.74, 6) is -0.651. The number of unbranched alkanes of at least 4 members (excludes halogenated alkanes) is 1. The Morgan fingerprint density at radius 3 is 2.21 bits per heavy atom. The highest BCUT2D eigenvalue weighted by atomic mass is 16.6. The molecule has 0 aromatic carbocycles. The largest absolute Gasteiger partial charge is 0.466 e. The van der Waals surface area contributed by atoms with Gasteiger partial charge in [0.1, 0.15) is 5.60 Å². The van der Waals surface area contributed by atoms with Crippen molar-refractivity contribution in [3.8, 4) is 0 Å². The van der Waals surface area contributed by atoms with Crippen molar-refractivity contribution in [2.45, 2.75) is 72.3 Å². The molecule has 0 fully saturated rings. The summed E-state index contributed by atoms with van der Waals surface area (Å²) in [5.41, 5.74) is -0.481. The third kappa shape index (κ3) is 9.51. The summed E-state index contributed by atoms with van der Waals surface area (Å²) in [6.45, 7) is 9.80. The van der Waals surface area contributed by atoms with Crippen molar-refractivity contribution >= 4 is 11.9 Å². The lowest BCUT2D eigenvalue weighted by molar-refractivity contribution is -0.160. The second kappa shape index (κ2) is 8.94. The molecular formula is C15H28O4. The van der Waals surface area contributed by atoms with E-state index in [1.807, 2.05) is 20.8 Å². The molecule has 4 heteroatoms. The molecular weight excluding hydrogens is 244 g/mol. The molecule has 0 aliphatic rings. The fourth-order valence-electron chi connectivity index (χ4n) is 1.74. The Kier molecular flexibility index (Phi) is 8.44. The molecule has 0 bridgehead atoms. The Balaban J connectivity index is 4.36. The lowest BCUT2D eigenvalue weighted by atomic mass is 9.96. The summed E-state index contributed by atoms with van der Waals surface area (Å²) in [4.78, 5) is 23.4. The normalized spacial score (nSPS) is 12.9. The average molecular weight is 272 g/mol. The minimum absolute atomic E-state index is 0.203. The van der Waals surface area contributed by atoms with Gasteiger partial charge in [-0.25, -0.2) is 0 Å². The Hall–Kier alpha value is -1.06. The zero-order valence-electron chi connectivity index (χ0n) is 13.0. The summed E-state index contributed by atoms with van der Waals surface area (Å²) in [7, 11) is 0. The van der Waals surface area contributed by atoms with E-state index in [2.05, 4.69) is 6.92 Å². The van der Waals surface area contributed by atoms with E-state index in [-0.39, 0.29) is 24.3 Å². The summed E-state index contributed by atoms with van der Waals surface area (Å²) < 4.78 is 10.3. The predicted octanol–water partition coefficient (Wildman–Crippen LogP) is 3.48.